The summed E-state index contributed by atoms with van der Waals surface area (Å²) in [5, 5.41) is 3.05. The number of nitrogens with zero attached hydrogens (tertiary/aromatic N) is 1. The van der Waals surface area contributed by atoms with E-state index in [9.17, 15) is 18.0 Å². The highest BCUT2D eigenvalue weighted by Crippen LogP contribution is 2.29. The van der Waals surface area contributed by atoms with E-state index in [1.807, 2.05) is 31.2 Å². The predicted octanol–water partition coefficient (Wildman–Crippen LogP) is 3.75. The molecule has 1 saturated heterocycles. The molecule has 0 saturated carbocycles. The van der Waals surface area contributed by atoms with Gasteiger partial charge in [-0.05, 0) is 30.2 Å². The van der Waals surface area contributed by atoms with Gasteiger partial charge in [0.15, 0.2) is 0 Å². The fraction of sp³-hybridized carbons (Fsp3) is 0.409. The number of benzene rings is 2. The number of hydrogen-bond acceptors (Lipinski definition) is 3. The zero-order valence-electron chi connectivity index (χ0n) is 16.3. The van der Waals surface area contributed by atoms with Gasteiger partial charge in [0.2, 0.25) is 5.91 Å². The van der Waals surface area contributed by atoms with Crippen LogP contribution in [0.5, 0.6) is 0 Å². The van der Waals surface area contributed by atoms with E-state index in [2.05, 4.69) is 10.2 Å². The van der Waals surface area contributed by atoms with Gasteiger partial charge < -0.3 is 10.1 Å². The van der Waals surface area contributed by atoms with E-state index < -0.39 is 11.7 Å². The van der Waals surface area contributed by atoms with Crippen LogP contribution in [0, 0.1) is 6.92 Å². The van der Waals surface area contributed by atoms with Crippen LogP contribution in [0.1, 0.15) is 28.3 Å². The van der Waals surface area contributed by atoms with Crippen LogP contribution < -0.4 is 5.32 Å². The SMILES string of the molecule is Cc1ccc([C@H](CN2CCOCC2)NC(=O)Cc2ccc(C(F)(F)F)cc2)cc1. The monoisotopic (exact) mass is 406 g/mol. The van der Waals surface area contributed by atoms with Gasteiger partial charge in [-0.3, -0.25) is 9.69 Å². The molecule has 0 radical (unpaired) electrons. The van der Waals surface area contributed by atoms with Crippen LogP contribution in [0.25, 0.3) is 0 Å². The smallest absolute Gasteiger partial charge is 0.379 e. The second-order valence-electron chi connectivity index (χ2n) is 7.32. The first-order valence-corrected chi connectivity index (χ1v) is 9.63. The second kappa shape index (κ2) is 9.41. The minimum atomic E-state index is -4.38. The Labute approximate surface area is 168 Å². The van der Waals surface area contributed by atoms with Gasteiger partial charge in [0, 0.05) is 19.6 Å². The lowest BCUT2D eigenvalue weighted by Crippen LogP contribution is -2.43. The van der Waals surface area contributed by atoms with E-state index in [-0.39, 0.29) is 18.4 Å². The van der Waals surface area contributed by atoms with Gasteiger partial charge in [-0.2, -0.15) is 13.2 Å². The van der Waals surface area contributed by atoms with Crippen molar-refractivity contribution in [2.45, 2.75) is 25.6 Å². The van der Waals surface area contributed by atoms with Gasteiger partial charge in [-0.15, -0.1) is 0 Å². The van der Waals surface area contributed by atoms with Crippen molar-refractivity contribution in [1.82, 2.24) is 10.2 Å². The lowest BCUT2D eigenvalue weighted by atomic mass is 10.0. The fourth-order valence-corrected chi connectivity index (χ4v) is 3.32. The van der Waals surface area contributed by atoms with Crippen molar-refractivity contribution in [2.24, 2.45) is 0 Å². The van der Waals surface area contributed by atoms with Gasteiger partial charge in [-0.1, -0.05) is 42.0 Å². The van der Waals surface area contributed by atoms with E-state index in [1.54, 1.807) is 0 Å². The number of amides is 1. The third kappa shape index (κ3) is 6.30. The summed E-state index contributed by atoms with van der Waals surface area (Å²) in [4.78, 5) is 14.9. The number of morpholine rings is 1. The van der Waals surface area contributed by atoms with Crippen molar-refractivity contribution in [1.29, 1.82) is 0 Å². The highest BCUT2D eigenvalue weighted by atomic mass is 19.4. The molecule has 0 aromatic heterocycles. The molecule has 1 amide bonds. The summed E-state index contributed by atoms with van der Waals surface area (Å²) in [5.74, 6) is -0.219. The molecule has 0 aliphatic carbocycles. The van der Waals surface area contributed by atoms with Crippen LogP contribution in [0.2, 0.25) is 0 Å². The quantitative estimate of drug-likeness (QED) is 0.795. The van der Waals surface area contributed by atoms with Crippen LogP contribution in [-0.4, -0.2) is 43.7 Å². The summed E-state index contributed by atoms with van der Waals surface area (Å²) in [6.07, 6.45) is -4.35. The predicted molar refractivity (Wildman–Crippen MR) is 104 cm³/mol. The first-order chi connectivity index (χ1) is 13.8. The number of carbonyl (C=O) groups is 1. The normalized spacial score (nSPS) is 16.4. The molecule has 0 bridgehead atoms. The van der Waals surface area contributed by atoms with Crippen molar-refractivity contribution >= 4 is 5.91 Å². The number of alkyl halides is 3. The number of rotatable bonds is 6. The van der Waals surface area contributed by atoms with E-state index in [4.69, 9.17) is 4.74 Å². The molecule has 1 aliphatic heterocycles. The Kier molecular flexibility index (Phi) is 6.92. The average molecular weight is 406 g/mol. The molecule has 1 aliphatic rings. The third-order valence-electron chi connectivity index (χ3n) is 5.01. The topological polar surface area (TPSA) is 41.6 Å². The Morgan fingerprint density at radius 3 is 2.28 bits per heavy atom. The van der Waals surface area contributed by atoms with E-state index in [0.717, 1.165) is 36.3 Å². The van der Waals surface area contributed by atoms with Gasteiger partial charge in [-0.25, -0.2) is 0 Å². The van der Waals surface area contributed by atoms with Crippen molar-refractivity contribution in [2.75, 3.05) is 32.8 Å². The number of aryl methyl sites for hydroxylation is 1. The number of ether oxygens (including phenoxy) is 1. The molecule has 0 unspecified atom stereocenters. The molecular formula is C22H25F3N2O2. The van der Waals surface area contributed by atoms with E-state index in [1.165, 1.54) is 12.1 Å². The van der Waals surface area contributed by atoms with Gasteiger partial charge in [0.25, 0.3) is 0 Å². The molecule has 29 heavy (non-hydrogen) atoms. The Morgan fingerprint density at radius 1 is 1.07 bits per heavy atom. The third-order valence-corrected chi connectivity index (χ3v) is 5.01. The first kappa shape index (κ1) is 21.3. The summed E-state index contributed by atoms with van der Waals surface area (Å²) in [6.45, 7) is 5.60. The molecule has 4 nitrogen and oxygen atoms in total. The van der Waals surface area contributed by atoms with Crippen molar-refractivity contribution in [3.8, 4) is 0 Å². The Hall–Kier alpha value is -2.38. The number of carbonyl (C=O) groups excluding carboxylic acids is 1. The van der Waals surface area contributed by atoms with Crippen molar-refractivity contribution in [3.63, 3.8) is 0 Å². The standard InChI is InChI=1S/C22H25F3N2O2/c1-16-2-6-18(7-3-16)20(15-27-10-12-29-13-11-27)26-21(28)14-17-4-8-19(9-5-17)22(23,24)25/h2-9,20H,10-15H2,1H3,(H,26,28)/t20-/m0/s1. The molecular weight excluding hydrogens is 381 g/mol. The van der Waals surface area contributed by atoms with E-state index >= 15 is 0 Å². The molecule has 1 N–H and O–H groups in total. The van der Waals surface area contributed by atoms with Crippen molar-refractivity contribution < 1.29 is 22.7 Å². The van der Waals surface area contributed by atoms with Crippen LogP contribution in [0.3, 0.4) is 0 Å². The van der Waals surface area contributed by atoms with Gasteiger partial charge in [0.1, 0.15) is 0 Å². The molecule has 2 aromatic rings. The molecule has 0 spiro atoms. The number of halogens is 3. The summed E-state index contributed by atoms with van der Waals surface area (Å²) in [5.41, 5.74) is 1.97. The Bertz CT molecular complexity index is 798. The van der Waals surface area contributed by atoms with Crippen molar-refractivity contribution in [3.05, 3.63) is 70.8 Å². The molecule has 2 aromatic carbocycles. The lowest BCUT2D eigenvalue weighted by Gasteiger charge is -2.31. The first-order valence-electron chi connectivity index (χ1n) is 9.63. The second-order valence-corrected chi connectivity index (χ2v) is 7.32. The highest BCUT2D eigenvalue weighted by Gasteiger charge is 2.30. The maximum atomic E-state index is 12.7. The number of nitrogens with one attached hydrogen (secondary N) is 1. The summed E-state index contributed by atoms with van der Waals surface area (Å²) in [7, 11) is 0. The van der Waals surface area contributed by atoms with Crippen LogP contribution in [0.15, 0.2) is 48.5 Å². The molecule has 3 rings (SSSR count). The van der Waals surface area contributed by atoms with E-state index in [0.29, 0.717) is 25.3 Å². The fourth-order valence-electron chi connectivity index (χ4n) is 3.32. The lowest BCUT2D eigenvalue weighted by molar-refractivity contribution is -0.137. The Balaban J connectivity index is 1.67. The van der Waals surface area contributed by atoms with Gasteiger partial charge in [0.05, 0.1) is 31.2 Å². The average Bonchev–Trinajstić information content (AvgIpc) is 2.68. The zero-order valence-corrected chi connectivity index (χ0v) is 16.3. The van der Waals surface area contributed by atoms with Crippen LogP contribution in [-0.2, 0) is 22.1 Å². The van der Waals surface area contributed by atoms with Crippen LogP contribution >= 0.6 is 0 Å². The maximum Gasteiger partial charge on any atom is 0.416 e. The zero-order chi connectivity index (χ0) is 20.9. The highest BCUT2D eigenvalue weighted by molar-refractivity contribution is 5.79. The molecule has 7 heteroatoms. The van der Waals surface area contributed by atoms with Crippen LogP contribution in [0.4, 0.5) is 13.2 Å². The Morgan fingerprint density at radius 2 is 1.69 bits per heavy atom. The minimum Gasteiger partial charge on any atom is -0.379 e. The summed E-state index contributed by atoms with van der Waals surface area (Å²) >= 11 is 0. The summed E-state index contributed by atoms with van der Waals surface area (Å²) in [6, 6.07) is 12.5. The molecule has 1 atom stereocenters. The molecule has 1 heterocycles. The molecule has 1 fully saturated rings. The van der Waals surface area contributed by atoms with Gasteiger partial charge >= 0.3 is 6.18 Å². The minimum absolute atomic E-state index is 0.0314. The number of hydrogen-bond donors (Lipinski definition) is 1. The maximum absolute atomic E-state index is 12.7. The molecule has 156 valence electrons. The largest absolute Gasteiger partial charge is 0.416 e. The summed E-state index contributed by atoms with van der Waals surface area (Å²) < 4.78 is 43.5.